The molecule has 0 unspecified atom stereocenters. The van der Waals surface area contributed by atoms with Crippen molar-refractivity contribution >= 4 is 28.1 Å². The summed E-state index contributed by atoms with van der Waals surface area (Å²) in [6, 6.07) is 9.53. The molecular formula is C22H27N5O3S. The Morgan fingerprint density at radius 2 is 1.77 bits per heavy atom. The van der Waals surface area contributed by atoms with Gasteiger partial charge in [-0.3, -0.25) is 9.36 Å². The zero-order valence-corrected chi connectivity index (χ0v) is 19.0. The van der Waals surface area contributed by atoms with Crippen LogP contribution in [0.2, 0.25) is 0 Å². The number of methoxy groups -OCH3 is 2. The van der Waals surface area contributed by atoms with E-state index in [0.717, 1.165) is 41.0 Å². The average molecular weight is 442 g/mol. The lowest BCUT2D eigenvalue weighted by Crippen LogP contribution is -2.40. The van der Waals surface area contributed by atoms with Crippen LogP contribution in [0.3, 0.4) is 0 Å². The van der Waals surface area contributed by atoms with Crippen molar-refractivity contribution in [2.45, 2.75) is 26.7 Å². The lowest BCUT2D eigenvalue weighted by Gasteiger charge is -2.31. The van der Waals surface area contributed by atoms with E-state index in [9.17, 15) is 4.79 Å². The summed E-state index contributed by atoms with van der Waals surface area (Å²) in [5.74, 6) is 1.09. The van der Waals surface area contributed by atoms with Crippen molar-refractivity contribution in [3.8, 4) is 16.6 Å². The lowest BCUT2D eigenvalue weighted by atomic mass is 9.97. The molecule has 1 aliphatic rings. The number of aryl methyl sites for hydroxylation is 2. The Morgan fingerprint density at radius 3 is 2.48 bits per heavy atom. The molecule has 31 heavy (non-hydrogen) atoms. The van der Waals surface area contributed by atoms with E-state index in [4.69, 9.17) is 9.47 Å². The van der Waals surface area contributed by atoms with Gasteiger partial charge in [-0.1, -0.05) is 11.3 Å². The topological polar surface area (TPSA) is 81.5 Å². The Morgan fingerprint density at radius 1 is 1.06 bits per heavy atom. The quantitative estimate of drug-likeness (QED) is 0.626. The van der Waals surface area contributed by atoms with Gasteiger partial charge in [0.2, 0.25) is 16.2 Å². The van der Waals surface area contributed by atoms with Crippen LogP contribution < -0.4 is 19.7 Å². The molecule has 9 heteroatoms. The molecule has 164 valence electrons. The molecule has 1 aliphatic heterocycles. The zero-order valence-electron chi connectivity index (χ0n) is 18.2. The van der Waals surface area contributed by atoms with Gasteiger partial charge in [-0.15, -0.1) is 10.2 Å². The number of amides is 1. The molecule has 1 fully saturated rings. The highest BCUT2D eigenvalue weighted by Crippen LogP contribution is 2.32. The van der Waals surface area contributed by atoms with Crippen LogP contribution in [0.4, 0.5) is 10.8 Å². The molecule has 3 aromatic rings. The first-order valence-corrected chi connectivity index (χ1v) is 11.1. The first-order valence-electron chi connectivity index (χ1n) is 10.3. The van der Waals surface area contributed by atoms with Crippen molar-refractivity contribution in [2.24, 2.45) is 5.92 Å². The van der Waals surface area contributed by atoms with E-state index in [1.54, 1.807) is 37.7 Å². The number of nitrogens with zero attached hydrogens (tertiary/aromatic N) is 4. The van der Waals surface area contributed by atoms with E-state index in [-0.39, 0.29) is 11.8 Å². The SMILES string of the molecule is COc1ccc(NC(=O)[C@@H]2CCCN(c3nnc(-n4c(C)ccc4C)s3)C2)cc1OC. The van der Waals surface area contributed by atoms with Crippen LogP contribution in [0.25, 0.3) is 5.13 Å². The fraction of sp³-hybridized carbons (Fsp3) is 0.409. The van der Waals surface area contributed by atoms with Gasteiger partial charge in [-0.2, -0.15) is 0 Å². The Labute approximate surface area is 185 Å². The number of benzene rings is 1. The van der Waals surface area contributed by atoms with Crippen molar-refractivity contribution in [3.63, 3.8) is 0 Å². The maximum absolute atomic E-state index is 12.9. The third-order valence-electron chi connectivity index (χ3n) is 5.58. The van der Waals surface area contributed by atoms with Crippen molar-refractivity contribution in [2.75, 3.05) is 37.5 Å². The van der Waals surface area contributed by atoms with Gasteiger partial charge in [-0.25, -0.2) is 0 Å². The van der Waals surface area contributed by atoms with Crippen LogP contribution in [0.1, 0.15) is 24.2 Å². The minimum absolute atomic E-state index is 0.00115. The largest absolute Gasteiger partial charge is 0.493 e. The lowest BCUT2D eigenvalue weighted by molar-refractivity contribution is -0.120. The Balaban J connectivity index is 1.45. The second-order valence-electron chi connectivity index (χ2n) is 7.66. The van der Waals surface area contributed by atoms with Gasteiger partial charge in [0.05, 0.1) is 20.1 Å². The molecule has 3 heterocycles. The normalized spacial score (nSPS) is 16.3. The third-order valence-corrected chi connectivity index (χ3v) is 6.55. The highest BCUT2D eigenvalue weighted by Gasteiger charge is 2.28. The Kier molecular flexibility index (Phi) is 6.13. The second kappa shape index (κ2) is 8.97. The predicted molar refractivity (Wildman–Crippen MR) is 122 cm³/mol. The van der Waals surface area contributed by atoms with Crippen molar-refractivity contribution in [3.05, 3.63) is 41.7 Å². The molecule has 1 aromatic carbocycles. The number of ether oxygens (including phenoxy) is 2. The summed E-state index contributed by atoms with van der Waals surface area (Å²) >= 11 is 1.56. The standard InChI is InChI=1S/C22H27N5O3S/c1-14-7-8-15(2)27(14)22-25-24-21(31-22)26-11-5-6-16(13-26)20(28)23-17-9-10-18(29-3)19(12-17)30-4/h7-10,12,16H,5-6,11,13H2,1-4H3,(H,23,28)/t16-/m1/s1. The van der Waals surface area contributed by atoms with Gasteiger partial charge in [0.1, 0.15) is 0 Å². The summed E-state index contributed by atoms with van der Waals surface area (Å²) in [5.41, 5.74) is 2.95. The fourth-order valence-electron chi connectivity index (χ4n) is 3.92. The Bertz CT molecular complexity index is 1060. The number of carbonyl (C=O) groups is 1. The summed E-state index contributed by atoms with van der Waals surface area (Å²) in [6.07, 6.45) is 1.78. The molecular weight excluding hydrogens is 414 g/mol. The first kappa shape index (κ1) is 21.2. The van der Waals surface area contributed by atoms with Crippen LogP contribution in [-0.4, -0.2) is 48.0 Å². The summed E-state index contributed by atoms with van der Waals surface area (Å²) in [6.45, 7) is 5.61. The first-order chi connectivity index (χ1) is 15.0. The number of hydrogen-bond donors (Lipinski definition) is 1. The zero-order chi connectivity index (χ0) is 22.0. The van der Waals surface area contributed by atoms with E-state index >= 15 is 0 Å². The maximum Gasteiger partial charge on any atom is 0.229 e. The Hall–Kier alpha value is -3.07. The van der Waals surface area contributed by atoms with Crippen molar-refractivity contribution in [1.82, 2.24) is 14.8 Å². The minimum atomic E-state index is -0.121. The average Bonchev–Trinajstić information content (AvgIpc) is 3.39. The van der Waals surface area contributed by atoms with Gasteiger partial charge in [0.15, 0.2) is 11.5 Å². The van der Waals surface area contributed by atoms with E-state index in [0.29, 0.717) is 23.7 Å². The number of piperidine rings is 1. The van der Waals surface area contributed by atoms with Crippen molar-refractivity contribution < 1.29 is 14.3 Å². The van der Waals surface area contributed by atoms with Gasteiger partial charge in [0.25, 0.3) is 0 Å². The molecule has 0 bridgehead atoms. The molecule has 0 radical (unpaired) electrons. The van der Waals surface area contributed by atoms with Crippen LogP contribution in [0, 0.1) is 19.8 Å². The highest BCUT2D eigenvalue weighted by atomic mass is 32.1. The number of hydrogen-bond acceptors (Lipinski definition) is 7. The van der Waals surface area contributed by atoms with E-state index in [2.05, 4.69) is 51.0 Å². The van der Waals surface area contributed by atoms with Gasteiger partial charge in [0, 0.05) is 36.2 Å². The van der Waals surface area contributed by atoms with Gasteiger partial charge in [-0.05, 0) is 51.0 Å². The number of nitrogens with one attached hydrogen (secondary N) is 1. The van der Waals surface area contributed by atoms with Crippen LogP contribution in [-0.2, 0) is 4.79 Å². The summed E-state index contributed by atoms with van der Waals surface area (Å²) in [4.78, 5) is 15.1. The smallest absolute Gasteiger partial charge is 0.229 e. The summed E-state index contributed by atoms with van der Waals surface area (Å²) in [7, 11) is 3.17. The van der Waals surface area contributed by atoms with E-state index < -0.39 is 0 Å². The number of rotatable bonds is 6. The van der Waals surface area contributed by atoms with Crippen LogP contribution in [0.15, 0.2) is 30.3 Å². The fourth-order valence-corrected chi connectivity index (χ4v) is 4.92. The second-order valence-corrected chi connectivity index (χ2v) is 8.60. The highest BCUT2D eigenvalue weighted by molar-refractivity contribution is 7.17. The molecule has 2 aromatic heterocycles. The van der Waals surface area contributed by atoms with E-state index in [1.807, 2.05) is 6.07 Å². The third kappa shape index (κ3) is 4.36. The molecule has 1 saturated heterocycles. The van der Waals surface area contributed by atoms with Crippen molar-refractivity contribution in [1.29, 1.82) is 0 Å². The van der Waals surface area contributed by atoms with E-state index in [1.165, 1.54) is 0 Å². The molecule has 4 rings (SSSR count). The minimum Gasteiger partial charge on any atom is -0.493 e. The molecule has 1 atom stereocenters. The molecule has 1 amide bonds. The molecule has 1 N–H and O–H groups in total. The van der Waals surface area contributed by atoms with Crippen LogP contribution >= 0.6 is 11.3 Å². The number of carbonyl (C=O) groups excluding carboxylic acids is 1. The molecule has 0 aliphatic carbocycles. The molecule has 0 spiro atoms. The summed E-state index contributed by atoms with van der Waals surface area (Å²) in [5, 5.41) is 13.5. The number of aromatic nitrogens is 3. The van der Waals surface area contributed by atoms with Gasteiger partial charge < -0.3 is 19.7 Å². The molecule has 0 saturated carbocycles. The predicted octanol–water partition coefficient (Wildman–Crippen LogP) is 3.82. The van der Waals surface area contributed by atoms with Crippen LogP contribution in [0.5, 0.6) is 11.5 Å². The number of anilines is 2. The van der Waals surface area contributed by atoms with Gasteiger partial charge >= 0.3 is 0 Å². The maximum atomic E-state index is 12.9. The summed E-state index contributed by atoms with van der Waals surface area (Å²) < 4.78 is 12.7. The monoisotopic (exact) mass is 441 g/mol. The molecule has 8 nitrogen and oxygen atoms in total.